The van der Waals surface area contributed by atoms with Crippen molar-refractivity contribution >= 4 is 12.1 Å². The maximum Gasteiger partial charge on any atom is 0.512 e. The van der Waals surface area contributed by atoms with Gasteiger partial charge in [0, 0.05) is 5.56 Å². The second-order valence-corrected chi connectivity index (χ2v) is 2.06. The van der Waals surface area contributed by atoms with Crippen LogP contribution in [0.5, 0.6) is 0 Å². The number of nitrogens with one attached hydrogen (secondary N) is 1. The SMILES string of the molecule is N=C(OC(=O)O)c1ccccc1. The molecule has 0 fully saturated rings. The lowest BCUT2D eigenvalue weighted by Crippen LogP contribution is -2.09. The number of carbonyl (C=O) groups is 1. The first-order valence-corrected chi connectivity index (χ1v) is 3.25. The fourth-order valence-corrected chi connectivity index (χ4v) is 0.736. The Morgan fingerprint density at radius 1 is 1.33 bits per heavy atom. The average Bonchev–Trinajstić information content (AvgIpc) is 2.05. The number of hydrogen-bond acceptors (Lipinski definition) is 3. The van der Waals surface area contributed by atoms with Crippen LogP contribution in [0.25, 0.3) is 0 Å². The van der Waals surface area contributed by atoms with Gasteiger partial charge in [-0.15, -0.1) is 0 Å². The van der Waals surface area contributed by atoms with E-state index in [-0.39, 0.29) is 5.90 Å². The number of ether oxygens (including phenoxy) is 1. The summed E-state index contributed by atoms with van der Waals surface area (Å²) in [4.78, 5) is 10.0. The van der Waals surface area contributed by atoms with Crippen molar-refractivity contribution in [2.24, 2.45) is 0 Å². The number of rotatable bonds is 1. The lowest BCUT2D eigenvalue weighted by Gasteiger charge is -1.99. The highest BCUT2D eigenvalue weighted by Crippen LogP contribution is 2.00. The quantitative estimate of drug-likeness (QED) is 0.378. The van der Waals surface area contributed by atoms with Crippen molar-refractivity contribution in [1.82, 2.24) is 0 Å². The number of benzene rings is 1. The van der Waals surface area contributed by atoms with Gasteiger partial charge in [-0.25, -0.2) is 4.79 Å². The van der Waals surface area contributed by atoms with E-state index in [9.17, 15) is 4.79 Å². The summed E-state index contributed by atoms with van der Waals surface area (Å²) >= 11 is 0. The summed E-state index contributed by atoms with van der Waals surface area (Å²) in [5.74, 6) is -0.358. The van der Waals surface area contributed by atoms with Gasteiger partial charge in [-0.05, 0) is 12.1 Å². The lowest BCUT2D eigenvalue weighted by atomic mass is 10.2. The second kappa shape index (κ2) is 3.52. The van der Waals surface area contributed by atoms with Gasteiger partial charge >= 0.3 is 6.16 Å². The molecular weight excluding hydrogens is 158 g/mol. The molecule has 4 nitrogen and oxygen atoms in total. The Bertz CT molecular complexity index is 294. The first-order valence-electron chi connectivity index (χ1n) is 3.25. The molecule has 0 bridgehead atoms. The minimum absolute atomic E-state index is 0.358. The molecule has 0 saturated carbocycles. The van der Waals surface area contributed by atoms with Gasteiger partial charge in [-0.3, -0.25) is 5.41 Å². The summed E-state index contributed by atoms with van der Waals surface area (Å²) < 4.78 is 4.14. The molecule has 12 heavy (non-hydrogen) atoms. The van der Waals surface area contributed by atoms with Crippen LogP contribution in [0.15, 0.2) is 30.3 Å². The fourth-order valence-electron chi connectivity index (χ4n) is 0.736. The van der Waals surface area contributed by atoms with E-state index in [2.05, 4.69) is 4.74 Å². The molecule has 0 unspecified atom stereocenters. The van der Waals surface area contributed by atoms with Gasteiger partial charge in [0.25, 0.3) is 0 Å². The summed E-state index contributed by atoms with van der Waals surface area (Å²) in [7, 11) is 0. The van der Waals surface area contributed by atoms with Crippen LogP contribution in [-0.4, -0.2) is 17.2 Å². The topological polar surface area (TPSA) is 70.4 Å². The Hall–Kier alpha value is -1.84. The normalized spacial score (nSPS) is 9.00. The molecule has 0 saturated heterocycles. The fraction of sp³-hybridized carbons (Fsp3) is 0. The third-order valence-electron chi connectivity index (χ3n) is 1.23. The van der Waals surface area contributed by atoms with E-state index in [0.717, 1.165) is 0 Å². The highest BCUT2D eigenvalue weighted by molar-refractivity contribution is 5.96. The summed E-state index contributed by atoms with van der Waals surface area (Å²) in [6, 6.07) is 8.39. The minimum atomic E-state index is -1.47. The Balaban J connectivity index is 2.73. The molecule has 0 amide bonds. The van der Waals surface area contributed by atoms with Crippen molar-refractivity contribution in [2.45, 2.75) is 0 Å². The van der Waals surface area contributed by atoms with Gasteiger partial charge in [0.05, 0.1) is 0 Å². The van der Waals surface area contributed by atoms with E-state index in [0.29, 0.717) is 5.56 Å². The monoisotopic (exact) mass is 165 g/mol. The van der Waals surface area contributed by atoms with E-state index in [4.69, 9.17) is 10.5 Å². The van der Waals surface area contributed by atoms with Crippen molar-refractivity contribution in [2.75, 3.05) is 0 Å². The molecule has 0 aliphatic heterocycles. The largest absolute Gasteiger partial charge is 0.512 e. The molecule has 4 heteroatoms. The third-order valence-corrected chi connectivity index (χ3v) is 1.23. The smallest absolute Gasteiger partial charge is 0.449 e. The molecule has 1 aromatic rings. The predicted octanol–water partition coefficient (Wildman–Crippen LogP) is 1.71. The van der Waals surface area contributed by atoms with Gasteiger partial charge in [-0.1, -0.05) is 18.2 Å². The van der Waals surface area contributed by atoms with Crippen molar-refractivity contribution in [1.29, 1.82) is 5.41 Å². The average molecular weight is 165 g/mol. The minimum Gasteiger partial charge on any atom is -0.449 e. The van der Waals surface area contributed by atoms with Gasteiger partial charge in [0.1, 0.15) is 0 Å². The van der Waals surface area contributed by atoms with E-state index in [1.54, 1.807) is 30.3 Å². The first-order chi connectivity index (χ1) is 5.70. The van der Waals surface area contributed by atoms with Crippen LogP contribution in [0.4, 0.5) is 4.79 Å². The highest BCUT2D eigenvalue weighted by atomic mass is 16.7. The van der Waals surface area contributed by atoms with Crippen molar-refractivity contribution < 1.29 is 14.6 Å². The molecule has 0 atom stereocenters. The van der Waals surface area contributed by atoms with Crippen LogP contribution in [-0.2, 0) is 4.74 Å². The standard InChI is InChI=1S/C8H7NO3/c9-7(12-8(10)11)6-4-2-1-3-5-6/h1-5,9H,(H,10,11). The van der Waals surface area contributed by atoms with E-state index in [1.165, 1.54) is 0 Å². The van der Waals surface area contributed by atoms with Crippen LogP contribution in [0.2, 0.25) is 0 Å². The van der Waals surface area contributed by atoms with Crippen LogP contribution >= 0.6 is 0 Å². The van der Waals surface area contributed by atoms with Gasteiger partial charge in [-0.2, -0.15) is 0 Å². The molecule has 2 N–H and O–H groups in total. The molecular formula is C8H7NO3. The van der Waals surface area contributed by atoms with E-state index >= 15 is 0 Å². The second-order valence-electron chi connectivity index (χ2n) is 2.06. The van der Waals surface area contributed by atoms with Gasteiger partial charge in [0.2, 0.25) is 5.90 Å². The zero-order valence-corrected chi connectivity index (χ0v) is 6.15. The summed E-state index contributed by atoms with van der Waals surface area (Å²) in [6.07, 6.45) is -1.47. The Morgan fingerprint density at radius 2 is 1.92 bits per heavy atom. The predicted molar refractivity (Wildman–Crippen MR) is 42.4 cm³/mol. The van der Waals surface area contributed by atoms with E-state index < -0.39 is 6.16 Å². The van der Waals surface area contributed by atoms with Crippen molar-refractivity contribution in [3.05, 3.63) is 35.9 Å². The lowest BCUT2D eigenvalue weighted by molar-refractivity contribution is 0.140. The Kier molecular flexibility index (Phi) is 2.42. The zero-order chi connectivity index (χ0) is 8.97. The molecule has 0 heterocycles. The maximum absolute atomic E-state index is 10.0. The van der Waals surface area contributed by atoms with Crippen LogP contribution in [0, 0.1) is 5.41 Å². The highest BCUT2D eigenvalue weighted by Gasteiger charge is 2.05. The number of hydrogen-bond donors (Lipinski definition) is 2. The summed E-state index contributed by atoms with van der Waals surface area (Å²) in [5.41, 5.74) is 0.444. The zero-order valence-electron chi connectivity index (χ0n) is 6.15. The molecule has 0 radical (unpaired) electrons. The van der Waals surface area contributed by atoms with E-state index in [1.807, 2.05) is 0 Å². The molecule has 0 aliphatic rings. The van der Waals surface area contributed by atoms with Crippen molar-refractivity contribution in [3.63, 3.8) is 0 Å². The van der Waals surface area contributed by atoms with Crippen LogP contribution < -0.4 is 0 Å². The van der Waals surface area contributed by atoms with Crippen LogP contribution in [0.1, 0.15) is 5.56 Å². The van der Waals surface area contributed by atoms with Gasteiger partial charge < -0.3 is 9.84 Å². The molecule has 1 aromatic carbocycles. The molecule has 62 valence electrons. The molecule has 1 rings (SSSR count). The Morgan fingerprint density at radius 3 is 2.42 bits per heavy atom. The summed E-state index contributed by atoms with van der Waals surface area (Å²) in [5, 5.41) is 15.3. The maximum atomic E-state index is 10.0. The Labute approximate surface area is 68.9 Å². The summed E-state index contributed by atoms with van der Waals surface area (Å²) in [6.45, 7) is 0. The first kappa shape index (κ1) is 8.26. The van der Waals surface area contributed by atoms with Crippen LogP contribution in [0.3, 0.4) is 0 Å². The third kappa shape index (κ3) is 2.09. The van der Waals surface area contributed by atoms with Gasteiger partial charge in [0.15, 0.2) is 0 Å². The molecule has 0 aromatic heterocycles. The number of carboxylic acid groups (broad SMARTS) is 1. The molecule has 0 spiro atoms. The molecule has 0 aliphatic carbocycles. The van der Waals surface area contributed by atoms with Crippen molar-refractivity contribution in [3.8, 4) is 0 Å².